The summed E-state index contributed by atoms with van der Waals surface area (Å²) in [6, 6.07) is 5.96. The van der Waals surface area contributed by atoms with Crippen molar-refractivity contribution in [1.29, 1.82) is 0 Å². The first-order chi connectivity index (χ1) is 13.8. The van der Waals surface area contributed by atoms with Crippen LogP contribution in [0.25, 0.3) is 12.2 Å². The van der Waals surface area contributed by atoms with E-state index in [-0.39, 0.29) is 24.6 Å². The van der Waals surface area contributed by atoms with Crippen LogP contribution >= 0.6 is 11.3 Å². The number of rotatable bonds is 7. The van der Waals surface area contributed by atoms with E-state index in [4.69, 9.17) is 4.74 Å². The SMILES string of the molecule is CCOC(=O)/C=c1\s/c(=C\c2ccc(C)c(C)c2)c(=O)n1CC(=O)N(CC)CC. The number of carbonyl (C=O) groups is 2. The fraction of sp³-hybridized carbons (Fsp3) is 0.409. The first kappa shape index (κ1) is 22.6. The van der Waals surface area contributed by atoms with E-state index in [1.54, 1.807) is 17.9 Å². The van der Waals surface area contributed by atoms with E-state index in [2.05, 4.69) is 0 Å². The predicted molar refractivity (Wildman–Crippen MR) is 116 cm³/mol. The van der Waals surface area contributed by atoms with Crippen molar-refractivity contribution in [3.8, 4) is 0 Å². The summed E-state index contributed by atoms with van der Waals surface area (Å²) >= 11 is 1.18. The highest BCUT2D eigenvalue weighted by Crippen LogP contribution is 2.10. The molecule has 0 radical (unpaired) electrons. The van der Waals surface area contributed by atoms with Crippen LogP contribution in [0, 0.1) is 13.8 Å². The third-order valence-electron chi connectivity index (χ3n) is 4.70. The zero-order valence-electron chi connectivity index (χ0n) is 17.7. The Morgan fingerprint density at radius 3 is 2.41 bits per heavy atom. The van der Waals surface area contributed by atoms with Gasteiger partial charge in [-0.15, -0.1) is 11.3 Å². The molecule has 0 unspecified atom stereocenters. The molecule has 7 heteroatoms. The van der Waals surface area contributed by atoms with Crippen molar-refractivity contribution in [3.63, 3.8) is 0 Å². The Labute approximate surface area is 174 Å². The lowest BCUT2D eigenvalue weighted by Crippen LogP contribution is -2.40. The van der Waals surface area contributed by atoms with Crippen LogP contribution in [0.15, 0.2) is 23.0 Å². The zero-order chi connectivity index (χ0) is 21.6. The van der Waals surface area contributed by atoms with Crippen LogP contribution in [-0.4, -0.2) is 41.0 Å². The lowest BCUT2D eigenvalue weighted by atomic mass is 10.1. The van der Waals surface area contributed by atoms with Gasteiger partial charge in [0, 0.05) is 13.1 Å². The standard InChI is InChI=1S/C22H28N2O4S/c1-6-23(7-2)19(25)14-24-20(13-21(26)28-8-3)29-18(22(24)27)12-17-10-9-15(4)16(5)11-17/h9-13H,6-8,14H2,1-5H3/b18-12-,20-13-. The highest BCUT2D eigenvalue weighted by molar-refractivity contribution is 7.07. The van der Waals surface area contributed by atoms with Crippen LogP contribution < -0.4 is 14.8 Å². The molecule has 0 fully saturated rings. The monoisotopic (exact) mass is 416 g/mol. The van der Waals surface area contributed by atoms with Crippen LogP contribution in [0.4, 0.5) is 0 Å². The Bertz CT molecular complexity index is 1060. The molecule has 0 aliphatic rings. The summed E-state index contributed by atoms with van der Waals surface area (Å²) < 4.78 is 7.21. The number of likely N-dealkylation sites (N-methyl/N-ethyl adjacent to an activating group) is 1. The highest BCUT2D eigenvalue weighted by atomic mass is 32.1. The Balaban J connectivity index is 2.60. The van der Waals surface area contributed by atoms with E-state index in [1.165, 1.54) is 27.5 Å². The zero-order valence-corrected chi connectivity index (χ0v) is 18.5. The van der Waals surface area contributed by atoms with E-state index < -0.39 is 5.97 Å². The van der Waals surface area contributed by atoms with Gasteiger partial charge in [-0.25, -0.2) is 4.79 Å². The van der Waals surface area contributed by atoms with Gasteiger partial charge in [-0.05, 0) is 57.4 Å². The number of benzene rings is 1. The Hall–Kier alpha value is -2.67. The second-order valence-electron chi connectivity index (χ2n) is 6.65. The number of aromatic nitrogens is 1. The Morgan fingerprint density at radius 1 is 1.14 bits per heavy atom. The number of thiazole rings is 1. The van der Waals surface area contributed by atoms with Gasteiger partial charge in [-0.3, -0.25) is 14.2 Å². The molecular weight excluding hydrogens is 388 g/mol. The molecule has 1 aromatic heterocycles. The average molecular weight is 417 g/mol. The summed E-state index contributed by atoms with van der Waals surface area (Å²) in [4.78, 5) is 39.2. The lowest BCUT2D eigenvalue weighted by molar-refractivity contribution is -0.135. The molecule has 0 aliphatic carbocycles. The van der Waals surface area contributed by atoms with Gasteiger partial charge in [0.25, 0.3) is 5.56 Å². The lowest BCUT2D eigenvalue weighted by Gasteiger charge is -2.18. The number of ether oxygens (including phenoxy) is 1. The second-order valence-corrected chi connectivity index (χ2v) is 7.71. The van der Waals surface area contributed by atoms with Crippen molar-refractivity contribution in [2.24, 2.45) is 0 Å². The van der Waals surface area contributed by atoms with Gasteiger partial charge in [-0.1, -0.05) is 18.2 Å². The minimum absolute atomic E-state index is 0.108. The highest BCUT2D eigenvalue weighted by Gasteiger charge is 2.14. The van der Waals surface area contributed by atoms with E-state index in [9.17, 15) is 14.4 Å². The van der Waals surface area contributed by atoms with Gasteiger partial charge in [-0.2, -0.15) is 0 Å². The summed E-state index contributed by atoms with van der Waals surface area (Å²) in [5, 5.41) is 0. The Kier molecular flexibility index (Phi) is 7.96. The fourth-order valence-electron chi connectivity index (χ4n) is 2.89. The van der Waals surface area contributed by atoms with E-state index in [1.807, 2.05) is 45.9 Å². The minimum atomic E-state index is -0.532. The van der Waals surface area contributed by atoms with Crippen molar-refractivity contribution < 1.29 is 14.3 Å². The normalized spacial score (nSPS) is 12.3. The minimum Gasteiger partial charge on any atom is -0.463 e. The molecule has 0 bridgehead atoms. The molecule has 0 atom stereocenters. The van der Waals surface area contributed by atoms with Gasteiger partial charge in [0.05, 0.1) is 17.2 Å². The molecule has 0 N–H and O–H groups in total. The number of esters is 1. The molecule has 0 saturated heterocycles. The third-order valence-corrected chi connectivity index (χ3v) is 5.76. The quantitative estimate of drug-likeness (QED) is 0.643. The van der Waals surface area contributed by atoms with Crippen LogP contribution in [-0.2, 0) is 20.9 Å². The smallest absolute Gasteiger partial charge is 0.333 e. The number of hydrogen-bond acceptors (Lipinski definition) is 5. The molecule has 1 heterocycles. The second kappa shape index (κ2) is 10.2. The number of carbonyl (C=O) groups excluding carboxylic acids is 2. The van der Waals surface area contributed by atoms with Crippen molar-refractivity contribution in [3.05, 3.63) is 54.4 Å². The molecule has 29 heavy (non-hydrogen) atoms. The number of nitrogens with zero attached hydrogens (tertiary/aromatic N) is 2. The summed E-state index contributed by atoms with van der Waals surface area (Å²) in [5.41, 5.74) is 2.91. The van der Waals surface area contributed by atoms with Gasteiger partial charge in [0.2, 0.25) is 5.91 Å². The summed E-state index contributed by atoms with van der Waals surface area (Å²) in [5.74, 6) is -0.693. The van der Waals surface area contributed by atoms with Gasteiger partial charge < -0.3 is 9.64 Å². The molecule has 2 rings (SSSR count). The van der Waals surface area contributed by atoms with E-state index in [0.717, 1.165) is 11.1 Å². The maximum Gasteiger partial charge on any atom is 0.333 e. The van der Waals surface area contributed by atoms with Crippen molar-refractivity contribution in [1.82, 2.24) is 9.47 Å². The average Bonchev–Trinajstić information content (AvgIpc) is 2.94. The Morgan fingerprint density at radius 2 is 1.83 bits per heavy atom. The number of aryl methyl sites for hydroxylation is 2. The van der Waals surface area contributed by atoms with Crippen LogP contribution in [0.5, 0.6) is 0 Å². The van der Waals surface area contributed by atoms with E-state index >= 15 is 0 Å². The van der Waals surface area contributed by atoms with Crippen molar-refractivity contribution >= 4 is 35.4 Å². The fourth-order valence-corrected chi connectivity index (χ4v) is 3.93. The first-order valence-electron chi connectivity index (χ1n) is 9.75. The molecule has 6 nitrogen and oxygen atoms in total. The van der Waals surface area contributed by atoms with Gasteiger partial charge in [0.15, 0.2) is 0 Å². The maximum atomic E-state index is 13.0. The van der Waals surface area contributed by atoms with Crippen LogP contribution in [0.2, 0.25) is 0 Å². The summed E-state index contributed by atoms with van der Waals surface area (Å²) in [7, 11) is 0. The molecule has 1 amide bonds. The summed E-state index contributed by atoms with van der Waals surface area (Å²) in [6.07, 6.45) is 3.07. The van der Waals surface area contributed by atoms with Crippen LogP contribution in [0.1, 0.15) is 37.5 Å². The molecule has 0 aliphatic heterocycles. The van der Waals surface area contributed by atoms with Gasteiger partial charge in [0.1, 0.15) is 11.2 Å². The van der Waals surface area contributed by atoms with Crippen molar-refractivity contribution in [2.75, 3.05) is 19.7 Å². The van der Waals surface area contributed by atoms with Gasteiger partial charge >= 0.3 is 5.97 Å². The number of hydrogen-bond donors (Lipinski definition) is 0. The van der Waals surface area contributed by atoms with Crippen LogP contribution in [0.3, 0.4) is 0 Å². The molecule has 2 aromatic rings. The maximum absolute atomic E-state index is 13.0. The molecule has 1 aromatic carbocycles. The topological polar surface area (TPSA) is 68.6 Å². The molecule has 156 valence electrons. The largest absolute Gasteiger partial charge is 0.463 e. The summed E-state index contributed by atoms with van der Waals surface area (Å²) in [6.45, 7) is 10.8. The molecule has 0 spiro atoms. The predicted octanol–water partition coefficient (Wildman–Crippen LogP) is 1.57. The molecular formula is C22H28N2O4S. The van der Waals surface area contributed by atoms with Crippen molar-refractivity contribution in [2.45, 2.75) is 41.2 Å². The third kappa shape index (κ3) is 5.67. The van der Waals surface area contributed by atoms with E-state index in [0.29, 0.717) is 22.3 Å². The molecule has 0 saturated carbocycles. The first-order valence-corrected chi connectivity index (χ1v) is 10.6. The number of amides is 1.